The van der Waals surface area contributed by atoms with Crippen molar-refractivity contribution in [3.8, 4) is 5.88 Å². The molecule has 0 saturated carbocycles. The number of nitrogens with one attached hydrogen (secondary N) is 2. The van der Waals surface area contributed by atoms with E-state index in [9.17, 15) is 4.79 Å². The third-order valence-electron chi connectivity index (χ3n) is 2.89. The molecule has 6 nitrogen and oxygen atoms in total. The zero-order chi connectivity index (χ0) is 14.1. The van der Waals surface area contributed by atoms with Crippen molar-refractivity contribution in [3.05, 3.63) is 29.8 Å². The Hall–Kier alpha value is -2.28. The van der Waals surface area contributed by atoms with Crippen molar-refractivity contribution in [2.75, 3.05) is 24.0 Å². The van der Waals surface area contributed by atoms with Gasteiger partial charge in [-0.25, -0.2) is 4.98 Å². The highest BCUT2D eigenvalue weighted by Crippen LogP contribution is 2.34. The third kappa shape index (κ3) is 2.05. The number of ether oxygens (including phenoxy) is 1. The SMILES string of the molecule is COc1nc(SC)nc2c1C(=O)Nc1ccccc1N2. The average molecular weight is 288 g/mol. The molecule has 0 radical (unpaired) electrons. The molecule has 0 spiro atoms. The monoisotopic (exact) mass is 288 g/mol. The average Bonchev–Trinajstić information content (AvgIpc) is 2.61. The number of rotatable bonds is 2. The van der Waals surface area contributed by atoms with Crippen LogP contribution in [0, 0.1) is 0 Å². The van der Waals surface area contributed by atoms with Gasteiger partial charge < -0.3 is 15.4 Å². The first-order chi connectivity index (χ1) is 9.72. The molecule has 0 fully saturated rings. The number of carbonyl (C=O) groups is 1. The van der Waals surface area contributed by atoms with E-state index in [4.69, 9.17) is 4.74 Å². The molecule has 2 N–H and O–H groups in total. The van der Waals surface area contributed by atoms with Crippen molar-refractivity contribution >= 4 is 34.9 Å². The molecule has 20 heavy (non-hydrogen) atoms. The molecule has 1 aliphatic heterocycles. The second kappa shape index (κ2) is 5.01. The molecule has 1 amide bonds. The van der Waals surface area contributed by atoms with Crippen LogP contribution in [0.2, 0.25) is 0 Å². The standard InChI is InChI=1S/C13H12N4O2S/c1-19-12-9-10(16-13(17-12)20-2)14-7-5-3-4-6-8(7)15-11(9)18/h3-6H,1-2H3,(H,15,18)(H,14,16,17). The van der Waals surface area contributed by atoms with Gasteiger partial charge in [0.1, 0.15) is 5.56 Å². The molecular weight excluding hydrogens is 276 g/mol. The summed E-state index contributed by atoms with van der Waals surface area (Å²) in [5, 5.41) is 6.52. The van der Waals surface area contributed by atoms with Gasteiger partial charge >= 0.3 is 0 Å². The van der Waals surface area contributed by atoms with Crippen molar-refractivity contribution in [2.45, 2.75) is 5.16 Å². The second-order valence-corrected chi connectivity index (χ2v) is 4.84. The normalized spacial score (nSPS) is 12.6. The summed E-state index contributed by atoms with van der Waals surface area (Å²) in [7, 11) is 1.48. The molecule has 1 aromatic heterocycles. The molecule has 7 heteroatoms. The van der Waals surface area contributed by atoms with Crippen LogP contribution in [0.3, 0.4) is 0 Å². The van der Waals surface area contributed by atoms with Gasteiger partial charge in [0.05, 0.1) is 18.5 Å². The molecule has 0 unspecified atom stereocenters. The van der Waals surface area contributed by atoms with Crippen molar-refractivity contribution < 1.29 is 9.53 Å². The molecule has 1 aliphatic rings. The highest BCUT2D eigenvalue weighted by molar-refractivity contribution is 7.98. The molecule has 2 aromatic rings. The number of benzene rings is 1. The Kier molecular flexibility index (Phi) is 3.19. The Morgan fingerprint density at radius 1 is 1.15 bits per heavy atom. The second-order valence-electron chi connectivity index (χ2n) is 4.07. The molecule has 0 saturated heterocycles. The predicted octanol–water partition coefficient (Wildman–Crippen LogP) is 2.52. The van der Waals surface area contributed by atoms with Gasteiger partial charge in [0, 0.05) is 0 Å². The van der Waals surface area contributed by atoms with Crippen LogP contribution in [0.5, 0.6) is 5.88 Å². The lowest BCUT2D eigenvalue weighted by Gasteiger charge is -2.10. The van der Waals surface area contributed by atoms with E-state index in [-0.39, 0.29) is 11.8 Å². The Morgan fingerprint density at radius 2 is 1.85 bits per heavy atom. The van der Waals surface area contributed by atoms with Crippen LogP contribution in [-0.4, -0.2) is 29.2 Å². The van der Waals surface area contributed by atoms with Crippen LogP contribution in [0.1, 0.15) is 10.4 Å². The van der Waals surface area contributed by atoms with Crippen LogP contribution in [0.25, 0.3) is 0 Å². The van der Waals surface area contributed by atoms with E-state index >= 15 is 0 Å². The fourth-order valence-electron chi connectivity index (χ4n) is 1.97. The largest absolute Gasteiger partial charge is 0.480 e. The smallest absolute Gasteiger partial charge is 0.265 e. The van der Waals surface area contributed by atoms with E-state index in [1.807, 2.05) is 30.5 Å². The Bertz CT molecular complexity index is 690. The topological polar surface area (TPSA) is 76.1 Å². The van der Waals surface area contributed by atoms with E-state index in [0.717, 1.165) is 5.69 Å². The van der Waals surface area contributed by atoms with Crippen molar-refractivity contribution in [2.24, 2.45) is 0 Å². The summed E-state index contributed by atoms with van der Waals surface area (Å²) in [5.74, 6) is 0.419. The zero-order valence-electron chi connectivity index (χ0n) is 10.9. The lowest BCUT2D eigenvalue weighted by atomic mass is 10.2. The maximum atomic E-state index is 12.3. The first-order valence-electron chi connectivity index (χ1n) is 5.90. The zero-order valence-corrected chi connectivity index (χ0v) is 11.7. The van der Waals surface area contributed by atoms with Gasteiger partial charge in [-0.05, 0) is 18.4 Å². The van der Waals surface area contributed by atoms with E-state index < -0.39 is 0 Å². The molecule has 0 bridgehead atoms. The molecular formula is C13H12N4O2S. The Labute approximate surface area is 120 Å². The summed E-state index contributed by atoms with van der Waals surface area (Å²) in [6.45, 7) is 0. The number of para-hydroxylation sites is 2. The summed E-state index contributed by atoms with van der Waals surface area (Å²) in [6.07, 6.45) is 1.87. The molecule has 0 aliphatic carbocycles. The molecule has 102 valence electrons. The van der Waals surface area contributed by atoms with Gasteiger partial charge in [0.15, 0.2) is 11.0 Å². The number of methoxy groups -OCH3 is 1. The predicted molar refractivity (Wildman–Crippen MR) is 78.0 cm³/mol. The number of fused-ring (bicyclic) bond motifs is 2. The van der Waals surface area contributed by atoms with Crippen molar-refractivity contribution in [1.82, 2.24) is 9.97 Å². The fourth-order valence-corrected chi connectivity index (χ4v) is 2.32. The molecule has 3 rings (SSSR count). The third-order valence-corrected chi connectivity index (χ3v) is 3.43. The summed E-state index contributed by atoms with van der Waals surface area (Å²) < 4.78 is 5.21. The maximum Gasteiger partial charge on any atom is 0.265 e. The fraction of sp³-hybridized carbons (Fsp3) is 0.154. The summed E-state index contributed by atoms with van der Waals surface area (Å²) >= 11 is 1.39. The van der Waals surface area contributed by atoms with Crippen LogP contribution in [0.4, 0.5) is 17.2 Å². The number of carbonyl (C=O) groups excluding carboxylic acids is 1. The number of amides is 1. The number of nitrogens with zero attached hydrogens (tertiary/aromatic N) is 2. The maximum absolute atomic E-state index is 12.3. The Balaban J connectivity index is 2.20. The van der Waals surface area contributed by atoms with Crippen LogP contribution in [-0.2, 0) is 0 Å². The van der Waals surface area contributed by atoms with Gasteiger partial charge in [0.25, 0.3) is 5.91 Å². The summed E-state index contributed by atoms with van der Waals surface area (Å²) in [5.41, 5.74) is 1.79. The Morgan fingerprint density at radius 3 is 2.50 bits per heavy atom. The van der Waals surface area contributed by atoms with Gasteiger partial charge in [-0.1, -0.05) is 23.9 Å². The van der Waals surface area contributed by atoms with Crippen LogP contribution >= 0.6 is 11.8 Å². The minimum Gasteiger partial charge on any atom is -0.480 e. The van der Waals surface area contributed by atoms with Gasteiger partial charge in [-0.3, -0.25) is 4.79 Å². The first-order valence-corrected chi connectivity index (χ1v) is 7.13. The highest BCUT2D eigenvalue weighted by Gasteiger charge is 2.26. The van der Waals surface area contributed by atoms with E-state index in [2.05, 4.69) is 20.6 Å². The first kappa shape index (κ1) is 12.7. The highest BCUT2D eigenvalue weighted by atomic mass is 32.2. The number of anilines is 3. The van der Waals surface area contributed by atoms with Gasteiger partial charge in [-0.2, -0.15) is 4.98 Å². The van der Waals surface area contributed by atoms with Crippen LogP contribution in [0.15, 0.2) is 29.4 Å². The lowest BCUT2D eigenvalue weighted by molar-refractivity contribution is 0.102. The molecule has 0 atom stereocenters. The van der Waals surface area contributed by atoms with E-state index in [1.54, 1.807) is 0 Å². The van der Waals surface area contributed by atoms with Crippen molar-refractivity contribution in [3.63, 3.8) is 0 Å². The van der Waals surface area contributed by atoms with E-state index in [1.165, 1.54) is 18.9 Å². The van der Waals surface area contributed by atoms with Gasteiger partial charge in [0.2, 0.25) is 5.88 Å². The quantitative estimate of drug-likeness (QED) is 0.653. The number of aromatic nitrogens is 2. The number of hydrogen-bond donors (Lipinski definition) is 2. The lowest BCUT2D eigenvalue weighted by Crippen LogP contribution is -2.14. The van der Waals surface area contributed by atoms with E-state index in [0.29, 0.717) is 22.2 Å². The number of thioether (sulfide) groups is 1. The summed E-state index contributed by atoms with van der Waals surface area (Å²) in [6, 6.07) is 7.43. The van der Waals surface area contributed by atoms with Crippen LogP contribution < -0.4 is 15.4 Å². The molecule has 1 aromatic carbocycles. The minimum absolute atomic E-state index is 0.261. The minimum atomic E-state index is -0.290. The number of hydrogen-bond acceptors (Lipinski definition) is 6. The summed E-state index contributed by atoms with van der Waals surface area (Å²) in [4.78, 5) is 20.9. The van der Waals surface area contributed by atoms with Crippen molar-refractivity contribution in [1.29, 1.82) is 0 Å². The van der Waals surface area contributed by atoms with Gasteiger partial charge in [-0.15, -0.1) is 0 Å². The molecule has 2 heterocycles.